The van der Waals surface area contributed by atoms with Crippen LogP contribution < -0.4 is 9.92 Å². The molecule has 2 heterocycles. The average Bonchev–Trinajstić information content (AvgIpc) is 3.21. The number of rotatable bonds is 7. The number of likely N-dealkylation sites (N-methyl/N-ethyl adjacent to an activating group) is 2. The average molecular weight is 453 g/mol. The smallest absolute Gasteiger partial charge is 0.240 e. The van der Waals surface area contributed by atoms with Gasteiger partial charge in [-0.1, -0.05) is 37.3 Å². The number of ether oxygens (including phenoxy) is 1. The topological polar surface area (TPSA) is 78.9 Å². The molecule has 0 aliphatic carbocycles. The van der Waals surface area contributed by atoms with Gasteiger partial charge in [-0.15, -0.1) is 5.10 Å². The van der Waals surface area contributed by atoms with Gasteiger partial charge in [-0.2, -0.15) is 0 Å². The Morgan fingerprint density at radius 3 is 2.62 bits per heavy atom. The van der Waals surface area contributed by atoms with E-state index >= 15 is 0 Å². The molecule has 0 aromatic heterocycles. The molecule has 4 rings (SSSR count). The summed E-state index contributed by atoms with van der Waals surface area (Å²) in [6.07, 6.45) is -0.517. The molecule has 1 unspecified atom stereocenters. The summed E-state index contributed by atoms with van der Waals surface area (Å²) >= 11 is 1.31. The molecule has 8 nitrogen and oxygen atoms in total. The molecule has 0 radical (unpaired) electrons. The predicted molar refractivity (Wildman–Crippen MR) is 129 cm³/mol. The minimum absolute atomic E-state index is 0.517. The molecule has 168 valence electrons. The van der Waals surface area contributed by atoms with Crippen LogP contribution in [0, 0.1) is 0 Å². The van der Waals surface area contributed by atoms with Gasteiger partial charge in [0.25, 0.3) is 0 Å². The number of hydrogen-bond acceptors (Lipinski definition) is 9. The van der Waals surface area contributed by atoms with E-state index in [0.717, 1.165) is 29.1 Å². The summed E-state index contributed by atoms with van der Waals surface area (Å²) in [4.78, 5) is 6.91. The maximum absolute atomic E-state index is 6.44. The lowest BCUT2D eigenvalue weighted by atomic mass is 10.1. The Balaban J connectivity index is 1.62. The second-order valence-corrected chi connectivity index (χ2v) is 8.54. The van der Waals surface area contributed by atoms with Crippen molar-refractivity contribution in [3.05, 3.63) is 77.2 Å². The van der Waals surface area contributed by atoms with Crippen molar-refractivity contribution in [3.63, 3.8) is 0 Å². The Morgan fingerprint density at radius 1 is 1.16 bits per heavy atom. The monoisotopic (exact) mass is 452 g/mol. The number of benzene rings is 2. The van der Waals surface area contributed by atoms with E-state index in [4.69, 9.17) is 19.6 Å². The third kappa shape index (κ3) is 4.53. The largest absolute Gasteiger partial charge is 0.444 e. The maximum Gasteiger partial charge on any atom is 0.240 e. The molecule has 2 N–H and O–H groups in total. The minimum Gasteiger partial charge on any atom is -0.444 e. The number of para-hydroxylation sites is 1. The molecule has 32 heavy (non-hydrogen) atoms. The zero-order valence-electron chi connectivity index (χ0n) is 18.7. The molecule has 2 aliphatic rings. The summed E-state index contributed by atoms with van der Waals surface area (Å²) in [6.45, 7) is 3.51. The van der Waals surface area contributed by atoms with Crippen LogP contribution in [0.5, 0.6) is 5.75 Å². The van der Waals surface area contributed by atoms with Crippen molar-refractivity contribution < 1.29 is 8.92 Å². The van der Waals surface area contributed by atoms with E-state index < -0.39 is 6.23 Å². The highest BCUT2D eigenvalue weighted by Crippen LogP contribution is 2.30. The van der Waals surface area contributed by atoms with Crippen molar-refractivity contribution >= 4 is 23.8 Å². The van der Waals surface area contributed by atoms with Gasteiger partial charge in [0, 0.05) is 38.8 Å². The molecular weight excluding hydrogens is 424 g/mol. The quantitative estimate of drug-likeness (QED) is 0.511. The summed E-state index contributed by atoms with van der Waals surface area (Å²) in [5, 5.41) is 6.31. The van der Waals surface area contributed by atoms with Crippen molar-refractivity contribution in [2.24, 2.45) is 15.8 Å². The van der Waals surface area contributed by atoms with E-state index in [1.807, 2.05) is 84.9 Å². The fourth-order valence-electron chi connectivity index (χ4n) is 3.35. The van der Waals surface area contributed by atoms with Gasteiger partial charge in [-0.25, -0.2) is 9.30 Å². The molecule has 2 aromatic rings. The lowest BCUT2D eigenvalue weighted by Gasteiger charge is -2.30. The van der Waals surface area contributed by atoms with Crippen LogP contribution in [0.3, 0.4) is 0 Å². The van der Waals surface area contributed by atoms with Crippen LogP contribution in [0.1, 0.15) is 18.1 Å². The van der Waals surface area contributed by atoms with E-state index in [2.05, 4.69) is 12.0 Å². The highest BCUT2D eigenvalue weighted by molar-refractivity contribution is 7.92. The number of hydrazone groups is 1. The van der Waals surface area contributed by atoms with Crippen LogP contribution in [0.15, 0.2) is 76.2 Å². The molecule has 2 aromatic carbocycles. The predicted octanol–water partition coefficient (Wildman–Crippen LogP) is 3.09. The minimum atomic E-state index is -0.517. The highest BCUT2D eigenvalue weighted by atomic mass is 32.2. The first-order valence-electron chi connectivity index (χ1n) is 10.4. The van der Waals surface area contributed by atoms with Gasteiger partial charge in [0.05, 0.1) is 12.3 Å². The highest BCUT2D eigenvalue weighted by Gasteiger charge is 2.34. The number of nitrogens with two attached hydrogens (primary N) is 1. The van der Waals surface area contributed by atoms with Gasteiger partial charge in [-0.3, -0.25) is 5.01 Å². The van der Waals surface area contributed by atoms with Gasteiger partial charge in [0.15, 0.2) is 0 Å². The first kappa shape index (κ1) is 22.0. The van der Waals surface area contributed by atoms with Crippen LogP contribution >= 0.6 is 12.2 Å². The van der Waals surface area contributed by atoms with E-state index in [0.29, 0.717) is 24.0 Å². The Bertz CT molecular complexity index is 1060. The number of aliphatic imine (C=N–C) groups is 1. The van der Waals surface area contributed by atoms with Gasteiger partial charge in [0.1, 0.15) is 29.5 Å². The van der Waals surface area contributed by atoms with E-state index in [1.54, 1.807) is 5.01 Å². The lowest BCUT2D eigenvalue weighted by Crippen LogP contribution is -2.39. The third-order valence-corrected chi connectivity index (χ3v) is 6.05. The summed E-state index contributed by atoms with van der Waals surface area (Å²) in [6, 6.07) is 17.7. The third-order valence-electron chi connectivity index (χ3n) is 5.28. The normalized spacial score (nSPS) is 18.6. The fourth-order valence-corrected chi connectivity index (χ4v) is 3.80. The molecule has 0 saturated carbocycles. The standard InChI is InChI=1S/C23H28N6O2S/c1-5-28(3)32-31-19-14-10-9-13-17(19)18-15-27(2)21(24)20(25-18)23-29(4)26-22(30-23)16-11-7-6-8-12-16/h6-14,23H,5,15,24H2,1-4H3. The second kappa shape index (κ2) is 9.54. The summed E-state index contributed by atoms with van der Waals surface area (Å²) in [5.41, 5.74) is 9.75. The zero-order valence-corrected chi connectivity index (χ0v) is 19.5. The molecule has 9 heteroatoms. The number of hydrogen-bond donors (Lipinski definition) is 1. The molecule has 0 spiro atoms. The lowest BCUT2D eigenvalue weighted by molar-refractivity contribution is 0.106. The number of nitrogens with zero attached hydrogens (tertiary/aromatic N) is 5. The maximum atomic E-state index is 6.44. The van der Waals surface area contributed by atoms with Crippen LogP contribution in [-0.4, -0.2) is 66.3 Å². The fraction of sp³-hybridized carbons (Fsp3) is 0.304. The molecule has 1 atom stereocenters. The molecular formula is C23H28N6O2S. The van der Waals surface area contributed by atoms with Gasteiger partial charge < -0.3 is 19.6 Å². The summed E-state index contributed by atoms with van der Waals surface area (Å²) < 4.78 is 14.2. The first-order chi connectivity index (χ1) is 15.5. The molecule has 0 saturated heterocycles. The van der Waals surface area contributed by atoms with Crippen molar-refractivity contribution in [3.8, 4) is 5.75 Å². The van der Waals surface area contributed by atoms with Crippen molar-refractivity contribution in [1.82, 2.24) is 14.2 Å². The zero-order chi connectivity index (χ0) is 22.7. The van der Waals surface area contributed by atoms with E-state index in [1.165, 1.54) is 12.2 Å². The van der Waals surface area contributed by atoms with Gasteiger partial charge >= 0.3 is 0 Å². The molecule has 0 amide bonds. The Hall–Kier alpha value is -3.17. The van der Waals surface area contributed by atoms with Crippen molar-refractivity contribution in [2.45, 2.75) is 13.2 Å². The second-order valence-electron chi connectivity index (χ2n) is 7.60. The molecule has 2 aliphatic heterocycles. The first-order valence-corrected chi connectivity index (χ1v) is 11.1. The van der Waals surface area contributed by atoms with E-state index in [-0.39, 0.29) is 0 Å². The van der Waals surface area contributed by atoms with E-state index in [9.17, 15) is 0 Å². The van der Waals surface area contributed by atoms with Crippen LogP contribution in [-0.2, 0) is 4.74 Å². The van der Waals surface area contributed by atoms with Crippen molar-refractivity contribution in [2.75, 3.05) is 34.2 Å². The SMILES string of the molecule is CCN(C)SOc1ccccc1C1=NC(C2OC(c3ccccc3)=NN2C)=C(N)N(C)C1. The summed E-state index contributed by atoms with van der Waals surface area (Å²) in [5.74, 6) is 1.87. The Labute approximate surface area is 193 Å². The van der Waals surface area contributed by atoms with Crippen LogP contribution in [0.4, 0.5) is 0 Å². The van der Waals surface area contributed by atoms with Crippen LogP contribution in [0.25, 0.3) is 0 Å². The molecule has 0 bridgehead atoms. The van der Waals surface area contributed by atoms with Gasteiger partial charge in [-0.05, 0) is 24.3 Å². The van der Waals surface area contributed by atoms with Crippen LogP contribution in [0.2, 0.25) is 0 Å². The summed E-state index contributed by atoms with van der Waals surface area (Å²) in [7, 11) is 5.79. The van der Waals surface area contributed by atoms with Crippen molar-refractivity contribution in [1.29, 1.82) is 0 Å². The van der Waals surface area contributed by atoms with Gasteiger partial charge in [0.2, 0.25) is 12.1 Å². The molecule has 0 fully saturated rings. The Kier molecular flexibility index (Phi) is 6.57. The Morgan fingerprint density at radius 2 is 1.88 bits per heavy atom.